The van der Waals surface area contributed by atoms with Crippen molar-refractivity contribution in [2.75, 3.05) is 13.1 Å². The second kappa shape index (κ2) is 4.10. The minimum Gasteiger partial charge on any atom is -0.339 e. The summed E-state index contributed by atoms with van der Waals surface area (Å²) in [7, 11) is 0. The molecule has 68 valence electrons. The van der Waals surface area contributed by atoms with Crippen LogP contribution in [0, 0.1) is 0 Å². The highest BCUT2D eigenvalue weighted by Gasteiger charge is 2.24. The topological polar surface area (TPSA) is 37.4 Å². The van der Waals surface area contributed by atoms with Crippen molar-refractivity contribution in [2.45, 2.75) is 17.7 Å². The smallest absolute Gasteiger partial charge is 0.255 e. The number of Topliss-reactive ketones (excluding diaryl/α,β-unsaturated/α-hetero) is 1. The van der Waals surface area contributed by atoms with Gasteiger partial charge >= 0.3 is 0 Å². The molecule has 0 atom stereocenters. The van der Waals surface area contributed by atoms with E-state index in [1.54, 1.807) is 0 Å². The fraction of sp³-hybridized carbons (Fsp3) is 0.714. The number of carbonyl (C=O) groups is 2. The monoisotopic (exact) mass is 209 g/mol. The molecule has 0 aliphatic carbocycles. The summed E-state index contributed by atoms with van der Waals surface area (Å²) in [4.78, 5) is 22.5. The van der Waals surface area contributed by atoms with Gasteiger partial charge in [-0.05, 0) is 0 Å². The van der Waals surface area contributed by atoms with Gasteiger partial charge in [-0.15, -0.1) is 0 Å². The van der Waals surface area contributed by atoms with E-state index in [9.17, 15) is 9.59 Å². The van der Waals surface area contributed by atoms with Gasteiger partial charge in [0.1, 0.15) is 5.78 Å². The van der Waals surface area contributed by atoms with Gasteiger partial charge in [-0.2, -0.15) is 0 Å². The third kappa shape index (κ3) is 2.35. The van der Waals surface area contributed by atoms with Crippen LogP contribution in [0.3, 0.4) is 0 Å². The highest BCUT2D eigenvalue weighted by atomic mass is 35.5. The van der Waals surface area contributed by atoms with E-state index in [1.807, 2.05) is 0 Å². The second-order valence-electron chi connectivity index (χ2n) is 2.66. The molecule has 0 saturated carbocycles. The molecule has 1 aliphatic heterocycles. The first-order chi connectivity index (χ1) is 5.61. The third-order valence-electron chi connectivity index (χ3n) is 1.82. The number of amides is 1. The lowest BCUT2D eigenvalue weighted by molar-refractivity contribution is -0.132. The van der Waals surface area contributed by atoms with E-state index in [4.69, 9.17) is 23.2 Å². The Hall–Kier alpha value is -0.280. The van der Waals surface area contributed by atoms with Crippen molar-refractivity contribution in [3.63, 3.8) is 0 Å². The Balaban J connectivity index is 2.44. The number of hydrogen-bond acceptors (Lipinski definition) is 2. The fourth-order valence-corrected chi connectivity index (χ4v) is 1.39. The summed E-state index contributed by atoms with van der Waals surface area (Å²) in [5, 5.41) is 0. The predicted molar refractivity (Wildman–Crippen MR) is 46.3 cm³/mol. The molecule has 1 saturated heterocycles. The Morgan fingerprint density at radius 3 is 2.25 bits per heavy atom. The summed E-state index contributed by atoms with van der Waals surface area (Å²) < 4.78 is 0. The number of hydrogen-bond donors (Lipinski definition) is 0. The lowest BCUT2D eigenvalue weighted by atomic mass is 10.1. The van der Waals surface area contributed by atoms with Gasteiger partial charge in [0.15, 0.2) is 4.84 Å². The zero-order valence-electron chi connectivity index (χ0n) is 6.43. The van der Waals surface area contributed by atoms with E-state index in [-0.39, 0.29) is 11.7 Å². The van der Waals surface area contributed by atoms with Gasteiger partial charge in [0.25, 0.3) is 5.91 Å². The van der Waals surface area contributed by atoms with Crippen molar-refractivity contribution in [3.05, 3.63) is 0 Å². The quantitative estimate of drug-likeness (QED) is 0.605. The van der Waals surface area contributed by atoms with Gasteiger partial charge in [0.05, 0.1) is 0 Å². The zero-order chi connectivity index (χ0) is 9.14. The minimum absolute atomic E-state index is 0.194. The molecule has 1 rings (SSSR count). The average Bonchev–Trinajstić information content (AvgIpc) is 2.04. The molecule has 1 amide bonds. The molecular formula is C7H9Cl2NO2. The molecule has 0 bridgehead atoms. The summed E-state index contributed by atoms with van der Waals surface area (Å²) in [6, 6.07) is 0. The van der Waals surface area contributed by atoms with Crippen LogP contribution < -0.4 is 0 Å². The normalized spacial score (nSPS) is 18.6. The average molecular weight is 210 g/mol. The summed E-state index contributed by atoms with van der Waals surface area (Å²) in [5.74, 6) is -0.106. The van der Waals surface area contributed by atoms with Crippen molar-refractivity contribution in [1.29, 1.82) is 0 Å². The van der Waals surface area contributed by atoms with Crippen molar-refractivity contribution in [3.8, 4) is 0 Å². The highest BCUT2D eigenvalue weighted by Crippen LogP contribution is 2.12. The van der Waals surface area contributed by atoms with Crippen molar-refractivity contribution in [2.24, 2.45) is 0 Å². The Labute approximate surface area is 80.6 Å². The van der Waals surface area contributed by atoms with Crippen LogP contribution in [0.25, 0.3) is 0 Å². The van der Waals surface area contributed by atoms with Crippen LogP contribution in [0.2, 0.25) is 0 Å². The first-order valence-electron chi connectivity index (χ1n) is 3.70. The molecule has 1 aliphatic rings. The van der Waals surface area contributed by atoms with Gasteiger partial charge in [-0.3, -0.25) is 9.59 Å². The van der Waals surface area contributed by atoms with Crippen LogP contribution in [0.4, 0.5) is 0 Å². The molecule has 0 N–H and O–H groups in total. The molecule has 3 nitrogen and oxygen atoms in total. The van der Waals surface area contributed by atoms with Crippen LogP contribution in [-0.4, -0.2) is 34.5 Å². The number of ketones is 1. The van der Waals surface area contributed by atoms with Crippen molar-refractivity contribution < 1.29 is 9.59 Å². The minimum atomic E-state index is -1.00. The highest BCUT2D eigenvalue weighted by molar-refractivity contribution is 6.53. The Morgan fingerprint density at radius 2 is 1.83 bits per heavy atom. The Kier molecular flexibility index (Phi) is 3.35. The molecule has 12 heavy (non-hydrogen) atoms. The zero-order valence-corrected chi connectivity index (χ0v) is 7.94. The van der Waals surface area contributed by atoms with Crippen LogP contribution in [0.5, 0.6) is 0 Å². The number of rotatable bonds is 1. The van der Waals surface area contributed by atoms with E-state index in [1.165, 1.54) is 4.90 Å². The number of nitrogens with zero attached hydrogens (tertiary/aromatic N) is 1. The summed E-state index contributed by atoms with van der Waals surface area (Å²) in [6.07, 6.45) is 0.846. The SMILES string of the molecule is O=C1CCN(C(=O)C(Cl)Cl)CC1. The van der Waals surface area contributed by atoms with Crippen LogP contribution in [-0.2, 0) is 9.59 Å². The summed E-state index contributed by atoms with van der Waals surface area (Å²) in [5.41, 5.74) is 0. The molecule has 0 spiro atoms. The third-order valence-corrected chi connectivity index (χ3v) is 2.19. The van der Waals surface area contributed by atoms with Gasteiger partial charge in [-0.1, -0.05) is 23.2 Å². The standard InChI is InChI=1S/C7H9Cl2NO2/c8-6(9)7(12)10-3-1-5(11)2-4-10/h6H,1-4H2. The summed E-state index contributed by atoms with van der Waals surface area (Å²) >= 11 is 10.8. The van der Waals surface area contributed by atoms with Crippen LogP contribution in [0.15, 0.2) is 0 Å². The maximum absolute atomic E-state index is 11.2. The van der Waals surface area contributed by atoms with Gasteiger partial charge in [0, 0.05) is 25.9 Å². The molecule has 1 fully saturated rings. The molecule has 5 heteroatoms. The van der Waals surface area contributed by atoms with Gasteiger partial charge in [0.2, 0.25) is 0 Å². The van der Waals surface area contributed by atoms with Crippen LogP contribution >= 0.6 is 23.2 Å². The van der Waals surface area contributed by atoms with E-state index in [2.05, 4.69) is 0 Å². The molecular weight excluding hydrogens is 201 g/mol. The Bertz CT molecular complexity index is 196. The molecule has 0 aromatic rings. The van der Waals surface area contributed by atoms with Crippen molar-refractivity contribution in [1.82, 2.24) is 4.90 Å². The number of carbonyl (C=O) groups excluding carboxylic acids is 2. The number of halogens is 2. The summed E-state index contributed by atoms with van der Waals surface area (Å²) in [6.45, 7) is 0.904. The lowest BCUT2D eigenvalue weighted by Crippen LogP contribution is -2.41. The number of piperidine rings is 1. The molecule has 0 aromatic carbocycles. The number of likely N-dealkylation sites (tertiary alicyclic amines) is 1. The molecule has 1 heterocycles. The second-order valence-corrected chi connectivity index (χ2v) is 3.76. The van der Waals surface area contributed by atoms with E-state index >= 15 is 0 Å². The van der Waals surface area contributed by atoms with Crippen LogP contribution in [0.1, 0.15) is 12.8 Å². The van der Waals surface area contributed by atoms with E-state index < -0.39 is 4.84 Å². The van der Waals surface area contributed by atoms with Gasteiger partial charge < -0.3 is 4.90 Å². The molecule has 0 aromatic heterocycles. The largest absolute Gasteiger partial charge is 0.339 e. The fourth-order valence-electron chi connectivity index (χ4n) is 1.11. The maximum atomic E-state index is 11.2. The number of alkyl halides is 2. The first kappa shape index (κ1) is 9.81. The Morgan fingerprint density at radius 1 is 1.33 bits per heavy atom. The van der Waals surface area contributed by atoms with Crippen molar-refractivity contribution >= 4 is 34.9 Å². The molecule has 0 unspecified atom stereocenters. The van der Waals surface area contributed by atoms with E-state index in [0.29, 0.717) is 25.9 Å². The van der Waals surface area contributed by atoms with Gasteiger partial charge in [-0.25, -0.2) is 0 Å². The molecule has 0 radical (unpaired) electrons. The first-order valence-corrected chi connectivity index (χ1v) is 4.57. The predicted octanol–water partition coefficient (Wildman–Crippen LogP) is 0.982. The maximum Gasteiger partial charge on any atom is 0.255 e. The lowest BCUT2D eigenvalue weighted by Gasteiger charge is -2.26. The van der Waals surface area contributed by atoms with E-state index in [0.717, 1.165) is 0 Å².